The summed E-state index contributed by atoms with van der Waals surface area (Å²) in [5, 5.41) is 0.467. The summed E-state index contributed by atoms with van der Waals surface area (Å²) < 4.78 is 13.5. The van der Waals surface area contributed by atoms with E-state index in [1.54, 1.807) is 13.3 Å². The first kappa shape index (κ1) is 18.1. The Morgan fingerprint density at radius 2 is 2.11 bits per heavy atom. The lowest BCUT2D eigenvalue weighted by atomic mass is 9.85. The maximum absolute atomic E-state index is 6.46. The molecule has 0 radical (unpaired) electrons. The maximum atomic E-state index is 6.46. The molecule has 2 aromatic heterocycles. The number of benzene rings is 1. The van der Waals surface area contributed by atoms with Crippen LogP contribution in [-0.4, -0.2) is 28.1 Å². The van der Waals surface area contributed by atoms with Gasteiger partial charge in [0.1, 0.15) is 11.3 Å². The third-order valence-corrected chi connectivity index (χ3v) is 5.48. The number of fused-ring (bicyclic) bond motifs is 1. The molecule has 1 aromatic carbocycles. The first-order valence-electron chi connectivity index (χ1n) is 9.56. The quantitative estimate of drug-likeness (QED) is 0.503. The van der Waals surface area contributed by atoms with E-state index < -0.39 is 0 Å². The van der Waals surface area contributed by atoms with Crippen LogP contribution in [0.3, 0.4) is 0 Å². The summed E-state index contributed by atoms with van der Waals surface area (Å²) in [7, 11) is 1.66. The van der Waals surface area contributed by atoms with Gasteiger partial charge in [0.25, 0.3) is 0 Å². The van der Waals surface area contributed by atoms with Gasteiger partial charge in [-0.15, -0.1) is 0 Å². The average molecular weight is 386 g/mol. The van der Waals surface area contributed by atoms with Crippen molar-refractivity contribution in [3.05, 3.63) is 41.6 Å². The van der Waals surface area contributed by atoms with Crippen LogP contribution in [-0.2, 0) is 0 Å². The van der Waals surface area contributed by atoms with Crippen molar-refractivity contribution >= 4 is 17.1 Å². The summed E-state index contributed by atoms with van der Waals surface area (Å²) in [5.74, 6) is 3.01. The largest absolute Gasteiger partial charge is 0.493 e. The molecule has 1 aliphatic carbocycles. The van der Waals surface area contributed by atoms with Crippen molar-refractivity contribution in [1.82, 2.24) is 14.4 Å². The molecule has 0 saturated heterocycles. The molecule has 0 unspecified atom stereocenters. The van der Waals surface area contributed by atoms with Crippen molar-refractivity contribution in [3.63, 3.8) is 0 Å². The van der Waals surface area contributed by atoms with Crippen LogP contribution in [0.1, 0.15) is 50.8 Å². The van der Waals surface area contributed by atoms with E-state index in [9.17, 15) is 0 Å². The van der Waals surface area contributed by atoms with E-state index in [0.717, 1.165) is 46.9 Å². The lowest BCUT2D eigenvalue weighted by Crippen LogP contribution is -2.12. The molecule has 3 aromatic rings. The monoisotopic (exact) mass is 385 g/mol. The van der Waals surface area contributed by atoms with Gasteiger partial charge >= 0.3 is 0 Å². The molecule has 27 heavy (non-hydrogen) atoms. The lowest BCUT2D eigenvalue weighted by Gasteiger charge is -2.23. The highest BCUT2D eigenvalue weighted by molar-refractivity contribution is 6.33. The summed E-state index contributed by atoms with van der Waals surface area (Å²) >= 11 is 6.46. The molecule has 0 amide bonds. The predicted octanol–water partition coefficient (Wildman–Crippen LogP) is 5.50. The zero-order chi connectivity index (χ0) is 18.8. The molecule has 0 spiro atoms. The van der Waals surface area contributed by atoms with Gasteiger partial charge in [-0.3, -0.25) is 4.40 Å². The van der Waals surface area contributed by atoms with Crippen molar-refractivity contribution < 1.29 is 9.47 Å². The number of halogens is 1. The zero-order valence-corrected chi connectivity index (χ0v) is 16.5. The van der Waals surface area contributed by atoms with Crippen LogP contribution in [0.2, 0.25) is 5.15 Å². The summed E-state index contributed by atoms with van der Waals surface area (Å²) in [6, 6.07) is 5.92. The van der Waals surface area contributed by atoms with Crippen LogP contribution in [0.15, 0.2) is 30.6 Å². The molecule has 0 aliphatic heterocycles. The highest BCUT2D eigenvalue weighted by Gasteiger charge is 2.27. The molecule has 1 saturated carbocycles. The number of hydrogen-bond donors (Lipinski definition) is 0. The van der Waals surface area contributed by atoms with Gasteiger partial charge in [0, 0.05) is 23.9 Å². The Labute approximate surface area is 164 Å². The number of unbranched alkanes of at least 4 members (excludes halogenated alkanes) is 1. The van der Waals surface area contributed by atoms with Crippen molar-refractivity contribution in [2.24, 2.45) is 0 Å². The van der Waals surface area contributed by atoms with E-state index in [4.69, 9.17) is 26.1 Å². The van der Waals surface area contributed by atoms with Gasteiger partial charge in [-0.25, -0.2) is 9.97 Å². The van der Waals surface area contributed by atoms with E-state index in [2.05, 4.69) is 16.3 Å². The Morgan fingerprint density at radius 3 is 2.81 bits per heavy atom. The Balaban J connectivity index is 1.81. The third kappa shape index (κ3) is 3.36. The molecule has 5 nitrogen and oxygen atoms in total. The van der Waals surface area contributed by atoms with Crippen molar-refractivity contribution in [2.45, 2.75) is 44.9 Å². The van der Waals surface area contributed by atoms with E-state index in [1.807, 2.05) is 24.4 Å². The fraction of sp³-hybridized carbons (Fsp3) is 0.429. The minimum Gasteiger partial charge on any atom is -0.493 e. The second kappa shape index (κ2) is 7.77. The Hall–Kier alpha value is -2.27. The third-order valence-electron chi connectivity index (χ3n) is 5.20. The Bertz CT molecular complexity index is 950. The standard InChI is InChI=1S/C21H24ClN3O2/c1-3-4-12-27-17-13-15(8-9-16(17)26-2)18-19-20(22)23-10-11-25(19)21(24-18)14-6-5-7-14/h8-11,13-14H,3-7,12H2,1-2H3. The molecule has 0 atom stereocenters. The summed E-state index contributed by atoms with van der Waals surface area (Å²) in [6.45, 7) is 2.81. The number of ether oxygens (including phenoxy) is 2. The number of imidazole rings is 1. The molecule has 6 heteroatoms. The first-order valence-corrected chi connectivity index (χ1v) is 9.94. The van der Waals surface area contributed by atoms with Gasteiger partial charge in [-0.05, 0) is 37.5 Å². The van der Waals surface area contributed by atoms with Gasteiger partial charge in [0.2, 0.25) is 0 Å². The minimum atomic E-state index is 0.467. The van der Waals surface area contributed by atoms with E-state index >= 15 is 0 Å². The number of aromatic nitrogens is 3. The fourth-order valence-electron chi connectivity index (χ4n) is 3.44. The molecular weight excluding hydrogens is 362 g/mol. The molecule has 4 rings (SSSR count). The van der Waals surface area contributed by atoms with Crippen molar-refractivity contribution in [2.75, 3.05) is 13.7 Å². The molecule has 1 aliphatic rings. The van der Waals surface area contributed by atoms with Crippen LogP contribution in [0.4, 0.5) is 0 Å². The molecule has 1 fully saturated rings. The van der Waals surface area contributed by atoms with Crippen LogP contribution in [0.5, 0.6) is 11.5 Å². The zero-order valence-electron chi connectivity index (χ0n) is 15.7. The summed E-state index contributed by atoms with van der Waals surface area (Å²) in [6.07, 6.45) is 9.37. The van der Waals surface area contributed by atoms with Crippen molar-refractivity contribution in [3.8, 4) is 22.8 Å². The van der Waals surface area contributed by atoms with Gasteiger partial charge in [0.15, 0.2) is 16.7 Å². The highest BCUT2D eigenvalue weighted by atomic mass is 35.5. The Morgan fingerprint density at radius 1 is 1.26 bits per heavy atom. The van der Waals surface area contributed by atoms with Crippen LogP contribution in [0.25, 0.3) is 16.8 Å². The van der Waals surface area contributed by atoms with Gasteiger partial charge < -0.3 is 9.47 Å². The smallest absolute Gasteiger partial charge is 0.161 e. The molecule has 142 valence electrons. The van der Waals surface area contributed by atoms with Crippen LogP contribution in [0, 0.1) is 0 Å². The minimum absolute atomic E-state index is 0.467. The molecule has 0 bridgehead atoms. The lowest BCUT2D eigenvalue weighted by molar-refractivity contribution is 0.288. The van der Waals surface area contributed by atoms with Crippen LogP contribution >= 0.6 is 11.6 Å². The van der Waals surface area contributed by atoms with E-state index in [0.29, 0.717) is 17.7 Å². The average Bonchev–Trinajstić information content (AvgIpc) is 3.01. The molecular formula is C21H24ClN3O2. The summed E-state index contributed by atoms with van der Waals surface area (Å²) in [4.78, 5) is 9.25. The molecule has 2 heterocycles. The highest BCUT2D eigenvalue weighted by Crippen LogP contribution is 2.40. The molecule has 0 N–H and O–H groups in total. The number of hydrogen-bond acceptors (Lipinski definition) is 4. The fourth-order valence-corrected chi connectivity index (χ4v) is 3.68. The predicted molar refractivity (Wildman–Crippen MR) is 107 cm³/mol. The van der Waals surface area contributed by atoms with E-state index in [-0.39, 0.29) is 0 Å². The van der Waals surface area contributed by atoms with Gasteiger partial charge in [-0.2, -0.15) is 0 Å². The summed E-state index contributed by atoms with van der Waals surface area (Å²) in [5.41, 5.74) is 2.66. The maximum Gasteiger partial charge on any atom is 0.161 e. The van der Waals surface area contributed by atoms with Gasteiger partial charge in [0.05, 0.1) is 19.4 Å². The van der Waals surface area contributed by atoms with Crippen LogP contribution < -0.4 is 9.47 Å². The number of rotatable bonds is 7. The normalized spacial score (nSPS) is 14.3. The first-order chi connectivity index (χ1) is 13.2. The Kier molecular flexibility index (Phi) is 5.21. The second-order valence-corrected chi connectivity index (χ2v) is 7.31. The number of methoxy groups -OCH3 is 1. The number of nitrogens with zero attached hydrogens (tertiary/aromatic N) is 3. The SMILES string of the molecule is CCCCOc1cc(-c2nc(C3CCC3)n3ccnc(Cl)c23)ccc1OC. The van der Waals surface area contributed by atoms with Crippen molar-refractivity contribution in [1.29, 1.82) is 0 Å². The van der Waals surface area contributed by atoms with E-state index in [1.165, 1.54) is 19.3 Å². The van der Waals surface area contributed by atoms with Gasteiger partial charge in [-0.1, -0.05) is 31.4 Å². The topological polar surface area (TPSA) is 48.7 Å². The second-order valence-electron chi connectivity index (χ2n) is 6.95.